The van der Waals surface area contributed by atoms with Crippen molar-refractivity contribution in [3.05, 3.63) is 35.1 Å². The molecular formula is C13H13F3O. The SMILES string of the molecule is O=C1CCCCCC1c1ccc(F)c(F)c1F. The molecule has 1 aromatic carbocycles. The summed E-state index contributed by atoms with van der Waals surface area (Å²) in [6, 6.07) is 2.06. The molecule has 0 spiro atoms. The Morgan fingerprint density at radius 1 is 1.00 bits per heavy atom. The van der Waals surface area contributed by atoms with Gasteiger partial charge >= 0.3 is 0 Å². The molecule has 1 fully saturated rings. The maximum absolute atomic E-state index is 13.6. The molecular weight excluding hydrogens is 229 g/mol. The van der Waals surface area contributed by atoms with Crippen LogP contribution in [-0.4, -0.2) is 5.78 Å². The Morgan fingerprint density at radius 3 is 2.53 bits per heavy atom. The maximum atomic E-state index is 13.6. The molecule has 0 saturated heterocycles. The highest BCUT2D eigenvalue weighted by Gasteiger charge is 2.27. The third-order valence-corrected chi connectivity index (χ3v) is 3.25. The minimum Gasteiger partial charge on any atom is -0.299 e. The first-order valence-electron chi connectivity index (χ1n) is 5.77. The van der Waals surface area contributed by atoms with Crippen molar-refractivity contribution in [2.45, 2.75) is 38.0 Å². The van der Waals surface area contributed by atoms with Crippen LogP contribution in [0.25, 0.3) is 0 Å². The lowest BCUT2D eigenvalue weighted by Crippen LogP contribution is -2.13. The normalized spacial score (nSPS) is 21.4. The quantitative estimate of drug-likeness (QED) is 0.542. The van der Waals surface area contributed by atoms with Crippen molar-refractivity contribution in [1.29, 1.82) is 0 Å². The molecule has 1 atom stereocenters. The molecule has 1 aliphatic rings. The predicted molar refractivity (Wildman–Crippen MR) is 57.1 cm³/mol. The largest absolute Gasteiger partial charge is 0.299 e. The van der Waals surface area contributed by atoms with Crippen molar-refractivity contribution >= 4 is 5.78 Å². The van der Waals surface area contributed by atoms with E-state index in [-0.39, 0.29) is 11.3 Å². The summed E-state index contributed by atoms with van der Waals surface area (Å²) in [6.45, 7) is 0. The fourth-order valence-electron chi connectivity index (χ4n) is 2.30. The minimum absolute atomic E-state index is 0.00389. The first kappa shape index (κ1) is 12.1. The van der Waals surface area contributed by atoms with Gasteiger partial charge in [-0.1, -0.05) is 18.9 Å². The second-order valence-electron chi connectivity index (χ2n) is 4.38. The lowest BCUT2D eigenvalue weighted by Gasteiger charge is -2.14. The molecule has 17 heavy (non-hydrogen) atoms. The summed E-state index contributed by atoms with van der Waals surface area (Å²) in [4.78, 5) is 11.8. The second kappa shape index (κ2) is 4.90. The summed E-state index contributed by atoms with van der Waals surface area (Å²) in [5.74, 6) is -4.61. The Labute approximate surface area is 97.6 Å². The lowest BCUT2D eigenvalue weighted by atomic mass is 9.90. The van der Waals surface area contributed by atoms with E-state index in [0.717, 1.165) is 25.3 Å². The zero-order valence-corrected chi connectivity index (χ0v) is 9.31. The van der Waals surface area contributed by atoms with Crippen LogP contribution in [0.4, 0.5) is 13.2 Å². The van der Waals surface area contributed by atoms with Gasteiger partial charge in [-0.15, -0.1) is 0 Å². The number of hydrogen-bond acceptors (Lipinski definition) is 1. The van der Waals surface area contributed by atoms with Crippen LogP contribution in [0, 0.1) is 17.5 Å². The van der Waals surface area contributed by atoms with Crippen molar-refractivity contribution in [3.8, 4) is 0 Å². The highest BCUT2D eigenvalue weighted by molar-refractivity contribution is 5.86. The Hall–Kier alpha value is -1.32. The Balaban J connectivity index is 2.38. The van der Waals surface area contributed by atoms with Crippen molar-refractivity contribution < 1.29 is 18.0 Å². The Kier molecular flexibility index (Phi) is 3.50. The summed E-state index contributed by atoms with van der Waals surface area (Å²) >= 11 is 0. The van der Waals surface area contributed by atoms with Crippen molar-refractivity contribution in [1.82, 2.24) is 0 Å². The number of carbonyl (C=O) groups excluding carboxylic acids is 1. The molecule has 0 bridgehead atoms. The van der Waals surface area contributed by atoms with Crippen LogP contribution in [0.2, 0.25) is 0 Å². The van der Waals surface area contributed by atoms with Gasteiger partial charge in [0.2, 0.25) is 0 Å². The average molecular weight is 242 g/mol. The molecule has 92 valence electrons. The van der Waals surface area contributed by atoms with Crippen molar-refractivity contribution in [2.75, 3.05) is 0 Å². The van der Waals surface area contributed by atoms with Crippen LogP contribution in [0.5, 0.6) is 0 Å². The minimum atomic E-state index is -1.49. The average Bonchev–Trinajstić information content (AvgIpc) is 2.52. The highest BCUT2D eigenvalue weighted by Crippen LogP contribution is 2.31. The number of benzene rings is 1. The number of carbonyl (C=O) groups is 1. The molecule has 1 aliphatic carbocycles. The topological polar surface area (TPSA) is 17.1 Å². The second-order valence-corrected chi connectivity index (χ2v) is 4.38. The third kappa shape index (κ3) is 2.35. The standard InChI is InChI=1S/C13H13F3O/c14-10-7-6-9(12(15)13(10)16)8-4-2-1-3-5-11(8)17/h6-8H,1-5H2. The van der Waals surface area contributed by atoms with E-state index in [1.807, 2.05) is 0 Å². The van der Waals surface area contributed by atoms with E-state index < -0.39 is 23.4 Å². The van der Waals surface area contributed by atoms with Gasteiger partial charge in [0, 0.05) is 17.9 Å². The van der Waals surface area contributed by atoms with Gasteiger partial charge in [-0.2, -0.15) is 0 Å². The smallest absolute Gasteiger partial charge is 0.194 e. The van der Waals surface area contributed by atoms with Crippen LogP contribution in [-0.2, 0) is 4.79 Å². The molecule has 0 heterocycles. The number of hydrogen-bond donors (Lipinski definition) is 0. The van der Waals surface area contributed by atoms with Gasteiger partial charge in [0.05, 0.1) is 0 Å². The zero-order valence-electron chi connectivity index (χ0n) is 9.31. The van der Waals surface area contributed by atoms with E-state index in [9.17, 15) is 18.0 Å². The molecule has 1 aromatic rings. The summed E-state index contributed by atoms with van der Waals surface area (Å²) < 4.78 is 39.5. The van der Waals surface area contributed by atoms with Gasteiger partial charge < -0.3 is 0 Å². The first-order valence-corrected chi connectivity index (χ1v) is 5.77. The summed E-state index contributed by atoms with van der Waals surface area (Å²) in [7, 11) is 0. The highest BCUT2D eigenvalue weighted by atomic mass is 19.2. The maximum Gasteiger partial charge on any atom is 0.194 e. The van der Waals surface area contributed by atoms with Gasteiger partial charge in [0.15, 0.2) is 17.5 Å². The van der Waals surface area contributed by atoms with E-state index in [1.165, 1.54) is 6.07 Å². The van der Waals surface area contributed by atoms with E-state index >= 15 is 0 Å². The molecule has 1 saturated carbocycles. The summed E-state index contributed by atoms with van der Waals surface area (Å²) in [6.07, 6.45) is 3.44. The summed E-state index contributed by atoms with van der Waals surface area (Å²) in [5.41, 5.74) is -0.00389. The molecule has 1 nitrogen and oxygen atoms in total. The van der Waals surface area contributed by atoms with E-state index in [2.05, 4.69) is 0 Å². The van der Waals surface area contributed by atoms with Crippen LogP contribution < -0.4 is 0 Å². The van der Waals surface area contributed by atoms with Gasteiger partial charge in [-0.25, -0.2) is 13.2 Å². The van der Waals surface area contributed by atoms with Gasteiger partial charge in [0.1, 0.15) is 5.78 Å². The van der Waals surface area contributed by atoms with Gasteiger partial charge in [-0.05, 0) is 18.9 Å². The van der Waals surface area contributed by atoms with Crippen molar-refractivity contribution in [3.63, 3.8) is 0 Å². The molecule has 1 unspecified atom stereocenters. The number of rotatable bonds is 1. The van der Waals surface area contributed by atoms with E-state index in [0.29, 0.717) is 12.8 Å². The molecule has 0 N–H and O–H groups in total. The fraction of sp³-hybridized carbons (Fsp3) is 0.462. The van der Waals surface area contributed by atoms with Crippen LogP contribution >= 0.6 is 0 Å². The molecule has 0 amide bonds. The molecule has 0 aromatic heterocycles. The third-order valence-electron chi connectivity index (χ3n) is 3.25. The van der Waals surface area contributed by atoms with Crippen LogP contribution in [0.15, 0.2) is 12.1 Å². The molecule has 2 rings (SSSR count). The number of halogens is 3. The molecule has 0 aliphatic heterocycles. The van der Waals surface area contributed by atoms with Gasteiger partial charge in [-0.3, -0.25) is 4.79 Å². The first-order chi connectivity index (χ1) is 8.11. The van der Waals surface area contributed by atoms with Gasteiger partial charge in [0.25, 0.3) is 0 Å². The Bertz CT molecular complexity index is 443. The van der Waals surface area contributed by atoms with E-state index in [4.69, 9.17) is 0 Å². The number of Topliss-reactive ketones (excluding diaryl/α,β-unsaturated/α-hetero) is 1. The number of ketones is 1. The summed E-state index contributed by atoms with van der Waals surface area (Å²) in [5, 5.41) is 0. The van der Waals surface area contributed by atoms with E-state index in [1.54, 1.807) is 0 Å². The van der Waals surface area contributed by atoms with Crippen molar-refractivity contribution in [2.24, 2.45) is 0 Å². The van der Waals surface area contributed by atoms with Crippen LogP contribution in [0.3, 0.4) is 0 Å². The monoisotopic (exact) mass is 242 g/mol. The Morgan fingerprint density at radius 2 is 1.76 bits per heavy atom. The van der Waals surface area contributed by atoms with Crippen LogP contribution in [0.1, 0.15) is 43.6 Å². The lowest BCUT2D eigenvalue weighted by molar-refractivity contribution is -0.120. The zero-order chi connectivity index (χ0) is 12.4. The molecule has 0 radical (unpaired) electrons. The predicted octanol–water partition coefficient (Wildman–Crippen LogP) is 3.72. The fourth-order valence-corrected chi connectivity index (χ4v) is 2.30. The molecule has 4 heteroatoms.